The van der Waals surface area contributed by atoms with E-state index in [2.05, 4.69) is 0 Å². The zero-order valence-electron chi connectivity index (χ0n) is 9.00. The number of hydrogen-bond donors (Lipinski definition) is 1. The Kier molecular flexibility index (Phi) is 4.94. The fourth-order valence-electron chi connectivity index (χ4n) is 2.18. The zero-order chi connectivity index (χ0) is 10.4. The Morgan fingerprint density at radius 2 is 2.00 bits per heavy atom. The Hall–Kier alpha value is -0.570. The van der Waals surface area contributed by atoms with Crippen LogP contribution in [-0.4, -0.2) is 19.1 Å². The second-order valence-corrected chi connectivity index (χ2v) is 4.05. The van der Waals surface area contributed by atoms with Crippen LogP contribution < -0.4 is 5.73 Å². The van der Waals surface area contributed by atoms with Gasteiger partial charge in [0.25, 0.3) is 0 Å². The second-order valence-electron chi connectivity index (χ2n) is 4.05. The van der Waals surface area contributed by atoms with Gasteiger partial charge in [-0.15, -0.1) is 0 Å². The second kappa shape index (κ2) is 6.02. The summed E-state index contributed by atoms with van der Waals surface area (Å²) >= 11 is 0. The van der Waals surface area contributed by atoms with Crippen molar-refractivity contribution in [2.45, 2.75) is 39.0 Å². The number of rotatable bonds is 4. The number of carbonyl (C=O) groups is 1. The van der Waals surface area contributed by atoms with E-state index in [0.717, 1.165) is 44.6 Å². The summed E-state index contributed by atoms with van der Waals surface area (Å²) in [5.41, 5.74) is 5.51. The molecule has 14 heavy (non-hydrogen) atoms. The molecule has 0 unspecified atom stereocenters. The van der Waals surface area contributed by atoms with E-state index in [1.54, 1.807) is 0 Å². The van der Waals surface area contributed by atoms with Gasteiger partial charge in [-0.25, -0.2) is 0 Å². The highest BCUT2D eigenvalue weighted by molar-refractivity contribution is 5.72. The quantitative estimate of drug-likeness (QED) is 0.701. The van der Waals surface area contributed by atoms with Gasteiger partial charge in [-0.2, -0.15) is 0 Å². The number of esters is 1. The Morgan fingerprint density at radius 3 is 2.50 bits per heavy atom. The molecule has 1 aliphatic carbocycles. The maximum atomic E-state index is 11.4. The highest BCUT2D eigenvalue weighted by Gasteiger charge is 2.26. The summed E-state index contributed by atoms with van der Waals surface area (Å²) in [5, 5.41) is 0. The topological polar surface area (TPSA) is 52.3 Å². The lowest BCUT2D eigenvalue weighted by Crippen LogP contribution is -2.24. The molecule has 0 aromatic heterocycles. The van der Waals surface area contributed by atoms with Gasteiger partial charge in [0.1, 0.15) is 0 Å². The third-order valence-electron chi connectivity index (χ3n) is 3.04. The van der Waals surface area contributed by atoms with E-state index in [-0.39, 0.29) is 11.9 Å². The van der Waals surface area contributed by atoms with Crippen molar-refractivity contribution in [1.82, 2.24) is 0 Å². The largest absolute Gasteiger partial charge is 0.466 e. The molecule has 0 bridgehead atoms. The van der Waals surface area contributed by atoms with Crippen LogP contribution in [0.2, 0.25) is 0 Å². The minimum absolute atomic E-state index is 0.00121. The fourth-order valence-corrected chi connectivity index (χ4v) is 2.18. The van der Waals surface area contributed by atoms with Crippen LogP contribution in [0, 0.1) is 11.8 Å². The van der Waals surface area contributed by atoms with E-state index in [9.17, 15) is 4.79 Å². The van der Waals surface area contributed by atoms with E-state index in [4.69, 9.17) is 10.5 Å². The molecule has 0 aliphatic heterocycles. The van der Waals surface area contributed by atoms with Crippen LogP contribution in [0.5, 0.6) is 0 Å². The van der Waals surface area contributed by atoms with Crippen molar-refractivity contribution in [2.24, 2.45) is 17.6 Å². The van der Waals surface area contributed by atoms with Crippen LogP contribution in [0.25, 0.3) is 0 Å². The molecular weight excluding hydrogens is 178 g/mol. The van der Waals surface area contributed by atoms with Gasteiger partial charge in [-0.05, 0) is 51.5 Å². The van der Waals surface area contributed by atoms with Crippen LogP contribution in [-0.2, 0) is 9.53 Å². The first-order valence-electron chi connectivity index (χ1n) is 5.64. The van der Waals surface area contributed by atoms with Gasteiger partial charge in [0.2, 0.25) is 0 Å². The van der Waals surface area contributed by atoms with E-state index < -0.39 is 0 Å². The predicted molar refractivity (Wildman–Crippen MR) is 55.8 cm³/mol. The molecule has 1 fully saturated rings. The van der Waals surface area contributed by atoms with Crippen molar-refractivity contribution in [2.75, 3.05) is 13.2 Å². The van der Waals surface area contributed by atoms with Crippen LogP contribution in [0.3, 0.4) is 0 Å². The molecular formula is C11H21NO2. The molecule has 2 N–H and O–H groups in total. The molecule has 0 atom stereocenters. The molecule has 1 saturated carbocycles. The molecule has 3 heteroatoms. The van der Waals surface area contributed by atoms with Gasteiger partial charge in [0, 0.05) is 0 Å². The first-order valence-corrected chi connectivity index (χ1v) is 5.64. The summed E-state index contributed by atoms with van der Waals surface area (Å²) in [6, 6.07) is 0. The van der Waals surface area contributed by atoms with Gasteiger partial charge in [-0.3, -0.25) is 4.79 Å². The van der Waals surface area contributed by atoms with E-state index >= 15 is 0 Å². The lowest BCUT2D eigenvalue weighted by molar-refractivity contribution is -0.149. The normalized spacial score (nSPS) is 27.3. The van der Waals surface area contributed by atoms with E-state index in [0.29, 0.717) is 6.61 Å². The van der Waals surface area contributed by atoms with Crippen molar-refractivity contribution in [3.63, 3.8) is 0 Å². The van der Waals surface area contributed by atoms with Gasteiger partial charge in [0.15, 0.2) is 0 Å². The van der Waals surface area contributed by atoms with Gasteiger partial charge < -0.3 is 10.5 Å². The minimum atomic E-state index is -0.00121. The van der Waals surface area contributed by atoms with Crippen molar-refractivity contribution < 1.29 is 9.53 Å². The SMILES string of the molecule is CCOC(=O)[C@H]1CC[C@H](CCN)CC1. The van der Waals surface area contributed by atoms with Crippen molar-refractivity contribution in [3.05, 3.63) is 0 Å². The molecule has 82 valence electrons. The Bertz CT molecular complexity index is 174. The predicted octanol–water partition coefficient (Wildman–Crippen LogP) is 1.70. The van der Waals surface area contributed by atoms with E-state index in [1.807, 2.05) is 6.92 Å². The third-order valence-corrected chi connectivity index (χ3v) is 3.04. The summed E-state index contributed by atoms with van der Waals surface area (Å²) in [4.78, 5) is 11.4. The lowest BCUT2D eigenvalue weighted by Gasteiger charge is -2.26. The number of hydrogen-bond acceptors (Lipinski definition) is 3. The molecule has 0 spiro atoms. The Morgan fingerprint density at radius 1 is 1.36 bits per heavy atom. The molecule has 0 saturated heterocycles. The van der Waals surface area contributed by atoms with Crippen LogP contribution in [0.1, 0.15) is 39.0 Å². The molecule has 1 aliphatic rings. The summed E-state index contributed by atoms with van der Waals surface area (Å²) < 4.78 is 5.01. The molecule has 3 nitrogen and oxygen atoms in total. The summed E-state index contributed by atoms with van der Waals surface area (Å²) in [7, 11) is 0. The van der Waals surface area contributed by atoms with Gasteiger partial charge in [-0.1, -0.05) is 0 Å². The lowest BCUT2D eigenvalue weighted by atomic mass is 9.80. The minimum Gasteiger partial charge on any atom is -0.466 e. The van der Waals surface area contributed by atoms with Crippen molar-refractivity contribution in [1.29, 1.82) is 0 Å². The van der Waals surface area contributed by atoms with Crippen LogP contribution >= 0.6 is 0 Å². The standard InChI is InChI=1S/C11H21NO2/c1-2-14-11(13)10-5-3-9(4-6-10)7-8-12/h9-10H,2-8,12H2,1H3/t9-,10-. The highest BCUT2D eigenvalue weighted by Crippen LogP contribution is 2.31. The fraction of sp³-hybridized carbons (Fsp3) is 0.909. The summed E-state index contributed by atoms with van der Waals surface area (Å²) in [5.74, 6) is 0.897. The van der Waals surface area contributed by atoms with Crippen molar-refractivity contribution >= 4 is 5.97 Å². The molecule has 0 aromatic carbocycles. The van der Waals surface area contributed by atoms with Gasteiger partial charge in [0.05, 0.1) is 12.5 Å². The average Bonchev–Trinajstić information content (AvgIpc) is 2.20. The van der Waals surface area contributed by atoms with Crippen LogP contribution in [0.15, 0.2) is 0 Å². The van der Waals surface area contributed by atoms with E-state index in [1.165, 1.54) is 0 Å². The molecule has 0 amide bonds. The zero-order valence-corrected chi connectivity index (χ0v) is 9.00. The smallest absolute Gasteiger partial charge is 0.308 e. The van der Waals surface area contributed by atoms with Crippen LogP contribution in [0.4, 0.5) is 0 Å². The monoisotopic (exact) mass is 199 g/mol. The molecule has 1 rings (SSSR count). The maximum Gasteiger partial charge on any atom is 0.308 e. The Labute approximate surface area is 86.0 Å². The summed E-state index contributed by atoms with van der Waals surface area (Å²) in [6.45, 7) is 3.13. The van der Waals surface area contributed by atoms with Crippen molar-refractivity contribution in [3.8, 4) is 0 Å². The summed E-state index contributed by atoms with van der Waals surface area (Å²) in [6.07, 6.45) is 5.36. The average molecular weight is 199 g/mol. The molecule has 0 radical (unpaired) electrons. The first-order chi connectivity index (χ1) is 6.77. The maximum absolute atomic E-state index is 11.4. The first kappa shape index (κ1) is 11.5. The number of ether oxygens (including phenoxy) is 1. The van der Waals surface area contributed by atoms with Gasteiger partial charge >= 0.3 is 5.97 Å². The highest BCUT2D eigenvalue weighted by atomic mass is 16.5. The molecule has 0 heterocycles. The number of carbonyl (C=O) groups excluding carboxylic acids is 1. The third kappa shape index (κ3) is 3.29. The molecule has 0 aromatic rings. The Balaban J connectivity index is 2.24. The number of nitrogens with two attached hydrogens (primary N) is 1.